The summed E-state index contributed by atoms with van der Waals surface area (Å²) in [5.74, 6) is 0. The van der Waals surface area contributed by atoms with Crippen LogP contribution in [0.3, 0.4) is 0 Å². The molecule has 0 unspecified atom stereocenters. The van der Waals surface area contributed by atoms with Crippen molar-refractivity contribution >= 4 is 43.6 Å². The van der Waals surface area contributed by atoms with Crippen LogP contribution in [0, 0.1) is 36.5 Å². The van der Waals surface area contributed by atoms with Gasteiger partial charge < -0.3 is 9.13 Å². The Hall–Kier alpha value is -7.66. The highest BCUT2D eigenvalue weighted by atomic mass is 15.0. The molecule has 2 heterocycles. The maximum Gasteiger partial charge on any atom is 0.0998 e. The van der Waals surface area contributed by atoms with Gasteiger partial charge in [0, 0.05) is 44.0 Å². The summed E-state index contributed by atoms with van der Waals surface area (Å²) >= 11 is 0. The molecule has 10 rings (SSSR count). The summed E-state index contributed by atoms with van der Waals surface area (Å²) in [4.78, 5) is 0. The lowest BCUT2D eigenvalue weighted by molar-refractivity contribution is 1.17. The van der Waals surface area contributed by atoms with E-state index < -0.39 is 0 Å². The van der Waals surface area contributed by atoms with Crippen molar-refractivity contribution in [1.29, 1.82) is 10.5 Å². The zero-order valence-corrected chi connectivity index (χ0v) is 31.0. The van der Waals surface area contributed by atoms with E-state index in [1.165, 1.54) is 22.3 Å². The smallest absolute Gasteiger partial charge is 0.0998 e. The zero-order chi connectivity index (χ0) is 37.9. The topological polar surface area (TPSA) is 57.4 Å². The molecule has 0 atom stereocenters. The van der Waals surface area contributed by atoms with E-state index in [0.717, 1.165) is 77.2 Å². The van der Waals surface area contributed by atoms with Crippen LogP contribution >= 0.6 is 0 Å². The number of fused-ring (bicyclic) bond motifs is 6. The van der Waals surface area contributed by atoms with Crippen LogP contribution in [-0.2, 0) is 0 Å². The molecule has 0 aliphatic carbocycles. The number of nitrogens with zero attached hydrogens (tertiary/aromatic N) is 4. The molecule has 4 nitrogen and oxygen atoms in total. The lowest BCUT2D eigenvalue weighted by Gasteiger charge is -2.14. The number of rotatable bonds is 5. The first-order valence-corrected chi connectivity index (χ1v) is 18.8. The van der Waals surface area contributed by atoms with Crippen LogP contribution in [0.25, 0.3) is 88.4 Å². The molecule has 0 aliphatic rings. The Kier molecular flexibility index (Phi) is 7.66. The average molecular weight is 715 g/mol. The van der Waals surface area contributed by atoms with Crippen LogP contribution in [0.15, 0.2) is 170 Å². The Bertz CT molecular complexity index is 3080. The van der Waals surface area contributed by atoms with E-state index >= 15 is 0 Å². The van der Waals surface area contributed by atoms with Crippen molar-refractivity contribution in [2.75, 3.05) is 0 Å². The van der Waals surface area contributed by atoms with Crippen LogP contribution < -0.4 is 0 Å². The van der Waals surface area contributed by atoms with Crippen LogP contribution in [-0.4, -0.2) is 9.13 Å². The number of para-hydroxylation sites is 2. The number of nitriles is 2. The molecule has 0 saturated heterocycles. The second-order valence-corrected chi connectivity index (χ2v) is 14.5. The first-order chi connectivity index (χ1) is 27.5. The van der Waals surface area contributed by atoms with Gasteiger partial charge in [0.25, 0.3) is 0 Å². The largest absolute Gasteiger partial charge is 0.309 e. The molecule has 2 aromatic heterocycles. The molecule has 0 fully saturated rings. The van der Waals surface area contributed by atoms with Crippen molar-refractivity contribution in [3.05, 3.63) is 192 Å². The molecule has 0 spiro atoms. The molecule has 0 amide bonds. The number of hydrogen-bond donors (Lipinski definition) is 0. The Balaban J connectivity index is 1.12. The summed E-state index contributed by atoms with van der Waals surface area (Å²) in [7, 11) is 0. The third kappa shape index (κ3) is 5.12. The first kappa shape index (κ1) is 32.9. The fourth-order valence-corrected chi connectivity index (χ4v) is 8.62. The van der Waals surface area contributed by atoms with Crippen molar-refractivity contribution in [2.45, 2.75) is 13.8 Å². The van der Waals surface area contributed by atoms with Crippen molar-refractivity contribution in [3.8, 4) is 56.9 Å². The molecule has 0 aliphatic heterocycles. The van der Waals surface area contributed by atoms with E-state index in [1.54, 1.807) is 0 Å². The van der Waals surface area contributed by atoms with Gasteiger partial charge in [0.15, 0.2) is 0 Å². The van der Waals surface area contributed by atoms with Crippen molar-refractivity contribution in [1.82, 2.24) is 9.13 Å². The van der Waals surface area contributed by atoms with E-state index in [2.05, 4.69) is 181 Å². The van der Waals surface area contributed by atoms with Crippen molar-refractivity contribution < 1.29 is 0 Å². The van der Waals surface area contributed by atoms with Gasteiger partial charge in [-0.1, -0.05) is 121 Å². The predicted molar refractivity (Wildman–Crippen MR) is 230 cm³/mol. The van der Waals surface area contributed by atoms with Crippen LogP contribution in [0.1, 0.15) is 22.3 Å². The zero-order valence-electron chi connectivity index (χ0n) is 31.0. The Labute approximate surface area is 325 Å². The number of aryl methyl sites for hydroxylation is 2. The summed E-state index contributed by atoms with van der Waals surface area (Å²) in [6.07, 6.45) is 0. The number of aromatic nitrogens is 2. The predicted octanol–water partition coefficient (Wildman–Crippen LogP) is 13.2. The van der Waals surface area contributed by atoms with E-state index in [9.17, 15) is 10.5 Å². The molecular formula is C52H34N4. The standard InChI is InChI=1S/C52H34N4/c1-33-11-3-5-13-41(33)35-19-23-47-45-15-7-9-17-49(45)55(51(47)29-35)39-21-25-43(37(27-39)31-53)44-26-22-40(28-38(44)32-54)56-50-18-10-8-16-46(50)48-24-20-36(30-52(48)56)42-14-6-4-12-34(42)2/h3-30H,1-2H3. The fraction of sp³-hybridized carbons (Fsp3) is 0.0385. The van der Waals surface area contributed by atoms with Gasteiger partial charge >= 0.3 is 0 Å². The molecule has 0 N–H and O–H groups in total. The molecular weight excluding hydrogens is 681 g/mol. The van der Waals surface area contributed by atoms with Crippen LogP contribution in [0.5, 0.6) is 0 Å². The van der Waals surface area contributed by atoms with Crippen LogP contribution in [0.4, 0.5) is 0 Å². The molecule has 0 saturated carbocycles. The first-order valence-electron chi connectivity index (χ1n) is 18.8. The third-order valence-corrected chi connectivity index (χ3v) is 11.3. The molecule has 4 heteroatoms. The maximum atomic E-state index is 10.6. The molecule has 0 radical (unpaired) electrons. The van der Waals surface area contributed by atoms with E-state index in [4.69, 9.17) is 0 Å². The minimum absolute atomic E-state index is 0.507. The summed E-state index contributed by atoms with van der Waals surface area (Å²) in [5.41, 5.74) is 15.6. The van der Waals surface area contributed by atoms with E-state index in [-0.39, 0.29) is 0 Å². The van der Waals surface area contributed by atoms with Gasteiger partial charge in [-0.15, -0.1) is 0 Å². The van der Waals surface area contributed by atoms with Crippen molar-refractivity contribution in [3.63, 3.8) is 0 Å². The summed E-state index contributed by atoms with van der Waals surface area (Å²) in [5, 5.41) is 25.9. The Morgan fingerprint density at radius 2 is 0.750 bits per heavy atom. The average Bonchev–Trinajstić information content (AvgIpc) is 3.75. The molecule has 0 bridgehead atoms. The molecule has 56 heavy (non-hydrogen) atoms. The van der Waals surface area contributed by atoms with Crippen LogP contribution in [0.2, 0.25) is 0 Å². The van der Waals surface area contributed by atoms with Gasteiger partial charge in [-0.2, -0.15) is 10.5 Å². The van der Waals surface area contributed by atoms with Crippen molar-refractivity contribution in [2.24, 2.45) is 0 Å². The minimum Gasteiger partial charge on any atom is -0.309 e. The van der Waals surface area contributed by atoms with Gasteiger partial charge in [0.1, 0.15) is 0 Å². The fourth-order valence-electron chi connectivity index (χ4n) is 8.62. The molecule has 8 aromatic carbocycles. The van der Waals surface area contributed by atoms with Gasteiger partial charge in [0.05, 0.1) is 45.3 Å². The van der Waals surface area contributed by atoms with Gasteiger partial charge in [-0.25, -0.2) is 0 Å². The number of hydrogen-bond acceptors (Lipinski definition) is 2. The minimum atomic E-state index is 0.507. The third-order valence-electron chi connectivity index (χ3n) is 11.3. The number of benzene rings is 8. The normalized spacial score (nSPS) is 11.4. The quantitative estimate of drug-likeness (QED) is 0.178. The van der Waals surface area contributed by atoms with Gasteiger partial charge in [-0.3, -0.25) is 0 Å². The van der Waals surface area contributed by atoms with E-state index in [0.29, 0.717) is 11.1 Å². The Morgan fingerprint density at radius 3 is 1.18 bits per heavy atom. The summed E-state index contributed by atoms with van der Waals surface area (Å²) in [6, 6.07) is 64.0. The SMILES string of the molecule is Cc1ccccc1-c1ccc2c3ccccc3n(-c3ccc(-c4ccc(-n5c6ccccc6c6ccc(-c7ccccc7C)cc65)cc4C#N)c(C#N)c3)c2c1. The highest BCUT2D eigenvalue weighted by Gasteiger charge is 2.19. The van der Waals surface area contributed by atoms with E-state index in [1.807, 2.05) is 24.3 Å². The molecule has 10 aromatic rings. The highest BCUT2D eigenvalue weighted by Crippen LogP contribution is 2.39. The second-order valence-electron chi connectivity index (χ2n) is 14.5. The summed E-state index contributed by atoms with van der Waals surface area (Å²) in [6.45, 7) is 4.28. The maximum absolute atomic E-state index is 10.6. The monoisotopic (exact) mass is 714 g/mol. The lowest BCUT2D eigenvalue weighted by Crippen LogP contribution is -1.99. The Morgan fingerprint density at radius 1 is 0.357 bits per heavy atom. The van der Waals surface area contributed by atoms with Gasteiger partial charge in [0.2, 0.25) is 0 Å². The summed E-state index contributed by atoms with van der Waals surface area (Å²) < 4.78 is 4.50. The lowest BCUT2D eigenvalue weighted by atomic mass is 9.95. The second kappa shape index (κ2) is 13.0. The highest BCUT2D eigenvalue weighted by molar-refractivity contribution is 6.11. The molecule has 262 valence electrons. The van der Waals surface area contributed by atoms with Gasteiger partial charge in [-0.05, 0) is 95.8 Å².